The van der Waals surface area contributed by atoms with Crippen molar-refractivity contribution >= 4 is 45.8 Å². The zero-order valence-corrected chi connectivity index (χ0v) is 14.3. The third-order valence-electron chi connectivity index (χ3n) is 2.71. The first-order valence-corrected chi connectivity index (χ1v) is 7.77. The molecular weight excluding hydrogens is 394 g/mol. The normalized spacial score (nSPS) is 11.1. The van der Waals surface area contributed by atoms with Crippen molar-refractivity contribution in [2.75, 3.05) is 0 Å². The Kier molecular flexibility index (Phi) is 5.03. The quantitative estimate of drug-likeness (QED) is 0.523. The van der Waals surface area contributed by atoms with Crippen LogP contribution in [0.4, 0.5) is 0 Å². The van der Waals surface area contributed by atoms with Gasteiger partial charge < -0.3 is 0 Å². The van der Waals surface area contributed by atoms with Crippen molar-refractivity contribution in [2.24, 2.45) is 0 Å². The van der Waals surface area contributed by atoms with Crippen LogP contribution in [0.2, 0.25) is 10.2 Å². The van der Waals surface area contributed by atoms with Crippen molar-refractivity contribution in [3.8, 4) is 0 Å². The van der Waals surface area contributed by atoms with E-state index in [0.717, 1.165) is 25.7 Å². The molecule has 0 unspecified atom stereocenters. The number of hydrogen-bond acceptors (Lipinski definition) is 2. The van der Waals surface area contributed by atoms with Gasteiger partial charge in [-0.05, 0) is 46.2 Å². The molecule has 1 aromatic heterocycles. The topological polar surface area (TPSA) is 25.8 Å². The largest absolute Gasteiger partial charge is 0.236 e. The van der Waals surface area contributed by atoms with E-state index in [0.29, 0.717) is 17.5 Å². The minimum atomic E-state index is 0.330. The Hall–Kier alpha value is -0.390. The van der Waals surface area contributed by atoms with Gasteiger partial charge in [-0.15, -0.1) is 0 Å². The predicted octanol–water partition coefficient (Wildman–Crippen LogP) is 5.10. The second-order valence-electron chi connectivity index (χ2n) is 4.59. The molecule has 2 nitrogen and oxygen atoms in total. The lowest BCUT2D eigenvalue weighted by Gasteiger charge is -2.11. The highest BCUT2D eigenvalue weighted by molar-refractivity contribution is 14.1. The van der Waals surface area contributed by atoms with Crippen LogP contribution >= 0.6 is 45.8 Å². The van der Waals surface area contributed by atoms with E-state index in [9.17, 15) is 0 Å². The zero-order valence-electron chi connectivity index (χ0n) is 10.6. The molecule has 1 heterocycles. The third kappa shape index (κ3) is 3.80. The molecule has 100 valence electrons. The Morgan fingerprint density at radius 3 is 2.32 bits per heavy atom. The number of rotatable bonds is 3. The molecule has 0 amide bonds. The lowest BCUT2D eigenvalue weighted by Crippen LogP contribution is -2.05. The molecule has 2 rings (SSSR count). The van der Waals surface area contributed by atoms with Crippen molar-refractivity contribution in [2.45, 2.75) is 26.2 Å². The molecule has 0 bridgehead atoms. The molecule has 0 fully saturated rings. The molecule has 2 aromatic rings. The summed E-state index contributed by atoms with van der Waals surface area (Å²) in [6, 6.07) is 7.70. The SMILES string of the molecule is CC(C)c1nc(Cc2ccc(Cl)cc2)nc(Cl)c1I. The van der Waals surface area contributed by atoms with Gasteiger partial charge in [0.15, 0.2) is 0 Å². The van der Waals surface area contributed by atoms with E-state index in [-0.39, 0.29) is 0 Å². The first kappa shape index (κ1) is 15.0. The van der Waals surface area contributed by atoms with Gasteiger partial charge in [-0.1, -0.05) is 49.2 Å². The highest BCUT2D eigenvalue weighted by Gasteiger charge is 2.13. The number of aromatic nitrogens is 2. The van der Waals surface area contributed by atoms with Crippen molar-refractivity contribution in [1.29, 1.82) is 0 Å². The van der Waals surface area contributed by atoms with E-state index in [1.165, 1.54) is 0 Å². The minimum Gasteiger partial charge on any atom is -0.236 e. The van der Waals surface area contributed by atoms with Crippen molar-refractivity contribution in [1.82, 2.24) is 9.97 Å². The van der Waals surface area contributed by atoms with Crippen LogP contribution in [0.5, 0.6) is 0 Å². The summed E-state index contributed by atoms with van der Waals surface area (Å²) in [5.74, 6) is 1.08. The van der Waals surface area contributed by atoms with Crippen LogP contribution in [0.3, 0.4) is 0 Å². The molecule has 0 atom stereocenters. The first-order chi connectivity index (χ1) is 8.97. The maximum Gasteiger partial charge on any atom is 0.146 e. The molecule has 0 saturated heterocycles. The van der Waals surface area contributed by atoms with Crippen LogP contribution < -0.4 is 0 Å². The average Bonchev–Trinajstić information content (AvgIpc) is 2.36. The summed E-state index contributed by atoms with van der Waals surface area (Å²) in [5, 5.41) is 1.26. The van der Waals surface area contributed by atoms with Gasteiger partial charge in [-0.2, -0.15) is 0 Å². The van der Waals surface area contributed by atoms with E-state index < -0.39 is 0 Å². The first-order valence-electron chi connectivity index (χ1n) is 5.93. The Bertz CT molecular complexity index is 583. The van der Waals surface area contributed by atoms with Crippen LogP contribution in [-0.4, -0.2) is 9.97 Å². The molecule has 0 saturated carbocycles. The molecule has 0 aliphatic heterocycles. The van der Waals surface area contributed by atoms with Gasteiger partial charge in [-0.25, -0.2) is 9.97 Å². The van der Waals surface area contributed by atoms with Crippen molar-refractivity contribution < 1.29 is 0 Å². The molecule has 0 N–H and O–H groups in total. The van der Waals surface area contributed by atoms with Crippen LogP contribution in [0.1, 0.15) is 36.8 Å². The molecule has 0 radical (unpaired) electrons. The van der Waals surface area contributed by atoms with Crippen LogP contribution in [0.15, 0.2) is 24.3 Å². The molecular formula is C14H13Cl2IN2. The van der Waals surface area contributed by atoms with Crippen molar-refractivity contribution in [3.05, 3.63) is 55.1 Å². The standard InChI is InChI=1S/C14H13Cl2IN2/c1-8(2)13-12(17)14(16)19-11(18-13)7-9-3-5-10(15)6-4-9/h3-6,8H,7H2,1-2H3. The summed E-state index contributed by atoms with van der Waals surface area (Å²) in [6.45, 7) is 4.21. The second-order valence-corrected chi connectivity index (χ2v) is 6.46. The van der Waals surface area contributed by atoms with Crippen LogP contribution in [0.25, 0.3) is 0 Å². The Morgan fingerprint density at radius 1 is 1.11 bits per heavy atom. The maximum absolute atomic E-state index is 6.17. The zero-order chi connectivity index (χ0) is 14.0. The number of nitrogens with zero attached hydrogens (tertiary/aromatic N) is 2. The monoisotopic (exact) mass is 406 g/mol. The molecule has 5 heteroatoms. The summed E-state index contributed by atoms with van der Waals surface area (Å²) in [4.78, 5) is 8.96. The van der Waals surface area contributed by atoms with Gasteiger partial charge >= 0.3 is 0 Å². The van der Waals surface area contributed by atoms with Gasteiger partial charge in [0.05, 0.1) is 9.26 Å². The Morgan fingerprint density at radius 2 is 1.74 bits per heavy atom. The summed E-state index contributed by atoms with van der Waals surface area (Å²) in [6.07, 6.45) is 0.660. The van der Waals surface area contributed by atoms with Gasteiger partial charge in [0.2, 0.25) is 0 Å². The highest BCUT2D eigenvalue weighted by Crippen LogP contribution is 2.25. The number of hydrogen-bond donors (Lipinski definition) is 0. The fourth-order valence-electron chi connectivity index (χ4n) is 1.73. The third-order valence-corrected chi connectivity index (χ3v) is 4.61. The van der Waals surface area contributed by atoms with Crippen LogP contribution in [0, 0.1) is 3.57 Å². The average molecular weight is 407 g/mol. The van der Waals surface area contributed by atoms with E-state index >= 15 is 0 Å². The molecule has 1 aromatic carbocycles. The summed E-state index contributed by atoms with van der Waals surface area (Å²) >= 11 is 14.2. The second kappa shape index (κ2) is 6.37. The molecule has 0 aliphatic carbocycles. The summed E-state index contributed by atoms with van der Waals surface area (Å²) in [5.41, 5.74) is 2.13. The van der Waals surface area contributed by atoms with Crippen LogP contribution in [-0.2, 0) is 6.42 Å². The van der Waals surface area contributed by atoms with Gasteiger partial charge in [0.1, 0.15) is 11.0 Å². The summed E-state index contributed by atoms with van der Waals surface area (Å²) in [7, 11) is 0. The predicted molar refractivity (Wildman–Crippen MR) is 88.1 cm³/mol. The molecule has 0 aliphatic rings. The Balaban J connectivity index is 2.33. The molecule has 19 heavy (non-hydrogen) atoms. The lowest BCUT2D eigenvalue weighted by molar-refractivity contribution is 0.783. The smallest absolute Gasteiger partial charge is 0.146 e. The lowest BCUT2D eigenvalue weighted by atomic mass is 10.1. The van der Waals surface area contributed by atoms with Gasteiger partial charge in [0.25, 0.3) is 0 Å². The number of halogens is 3. The fourth-order valence-corrected chi connectivity index (χ4v) is 2.91. The van der Waals surface area contributed by atoms with E-state index in [1.54, 1.807) is 0 Å². The summed E-state index contributed by atoms with van der Waals surface area (Å²) < 4.78 is 0.939. The van der Waals surface area contributed by atoms with E-state index in [2.05, 4.69) is 46.4 Å². The van der Waals surface area contributed by atoms with Gasteiger partial charge in [0, 0.05) is 11.4 Å². The van der Waals surface area contributed by atoms with Gasteiger partial charge in [-0.3, -0.25) is 0 Å². The highest BCUT2D eigenvalue weighted by atomic mass is 127. The minimum absolute atomic E-state index is 0.330. The molecule has 0 spiro atoms. The Labute approximate surface area is 136 Å². The van der Waals surface area contributed by atoms with E-state index in [1.807, 2.05) is 24.3 Å². The van der Waals surface area contributed by atoms with Crippen molar-refractivity contribution in [3.63, 3.8) is 0 Å². The number of benzene rings is 1. The van der Waals surface area contributed by atoms with E-state index in [4.69, 9.17) is 23.2 Å². The maximum atomic E-state index is 6.17. The fraction of sp³-hybridized carbons (Fsp3) is 0.286.